The number of hydrogen-bond donors (Lipinski definition) is 0. The van der Waals surface area contributed by atoms with Gasteiger partial charge in [-0.05, 0) is 26.0 Å². The van der Waals surface area contributed by atoms with E-state index in [1.807, 2.05) is 0 Å². The molecule has 0 fully saturated rings. The minimum absolute atomic E-state index is 0.0771. The Morgan fingerprint density at radius 2 is 1.65 bits per heavy atom. The quantitative estimate of drug-likeness (QED) is 0.393. The lowest BCUT2D eigenvalue weighted by molar-refractivity contribution is 0.0123. The number of oxime groups is 1. The van der Waals surface area contributed by atoms with Crippen LogP contribution in [-0.2, 0) is 14.7 Å². The van der Waals surface area contributed by atoms with Crippen molar-refractivity contribution in [3.8, 4) is 17.2 Å². The first-order valence-electron chi connectivity index (χ1n) is 8.42. The molecule has 0 saturated heterocycles. The van der Waals surface area contributed by atoms with Crippen LogP contribution in [0.25, 0.3) is 0 Å². The molecule has 1 aliphatic rings. The summed E-state index contributed by atoms with van der Waals surface area (Å²) >= 11 is 11.6. The molecule has 0 bridgehead atoms. The minimum atomic E-state index is -4.30. The lowest BCUT2D eigenvalue weighted by atomic mass is 10.1. The Labute approximate surface area is 184 Å². The van der Waals surface area contributed by atoms with E-state index in [0.29, 0.717) is 0 Å². The molecular weight excluding hydrogens is 489 g/mol. The fourth-order valence-electron chi connectivity index (χ4n) is 2.45. The van der Waals surface area contributed by atoms with Crippen LogP contribution < -0.4 is 9.47 Å². The zero-order valence-corrected chi connectivity index (χ0v) is 18.1. The van der Waals surface area contributed by atoms with Crippen LogP contribution in [0, 0.1) is 23.3 Å². The van der Waals surface area contributed by atoms with Crippen LogP contribution in [0.5, 0.6) is 17.2 Å². The SMILES string of the molecule is CC1(C)CC(S(=O)(=O)COc2c(F)c(F)c(Oc3cc(Cl)ccc3Cl)c(F)c2F)=NO1. The molecule has 0 aliphatic carbocycles. The summed E-state index contributed by atoms with van der Waals surface area (Å²) in [6.45, 7) is 3.13. The van der Waals surface area contributed by atoms with Gasteiger partial charge in [0.25, 0.3) is 0 Å². The first-order valence-corrected chi connectivity index (χ1v) is 10.8. The average molecular weight is 502 g/mol. The molecule has 13 heteroatoms. The second-order valence-electron chi connectivity index (χ2n) is 6.98. The first kappa shape index (κ1) is 23.4. The van der Waals surface area contributed by atoms with Gasteiger partial charge in [-0.2, -0.15) is 17.6 Å². The van der Waals surface area contributed by atoms with Crippen LogP contribution in [0.2, 0.25) is 10.0 Å². The maximum absolute atomic E-state index is 14.4. The van der Waals surface area contributed by atoms with Crippen LogP contribution in [0.15, 0.2) is 23.4 Å². The van der Waals surface area contributed by atoms with E-state index in [0.717, 1.165) is 6.07 Å². The van der Waals surface area contributed by atoms with Crippen molar-refractivity contribution in [2.45, 2.75) is 25.9 Å². The number of nitrogens with zero attached hydrogens (tertiary/aromatic N) is 1. The maximum atomic E-state index is 14.4. The fourth-order valence-corrected chi connectivity index (χ4v) is 3.89. The smallest absolute Gasteiger partial charge is 0.230 e. The van der Waals surface area contributed by atoms with Gasteiger partial charge >= 0.3 is 0 Å². The molecule has 0 atom stereocenters. The summed E-state index contributed by atoms with van der Waals surface area (Å²) in [6.07, 6.45) is -0.125. The number of benzene rings is 2. The van der Waals surface area contributed by atoms with E-state index >= 15 is 0 Å². The van der Waals surface area contributed by atoms with Crippen molar-refractivity contribution < 1.29 is 40.3 Å². The van der Waals surface area contributed by atoms with Crippen molar-refractivity contribution in [3.63, 3.8) is 0 Å². The zero-order valence-electron chi connectivity index (χ0n) is 15.8. The predicted molar refractivity (Wildman–Crippen MR) is 104 cm³/mol. The molecule has 0 saturated carbocycles. The highest BCUT2D eigenvalue weighted by Crippen LogP contribution is 2.39. The molecule has 2 aromatic carbocycles. The second-order valence-corrected chi connectivity index (χ2v) is 9.76. The lowest BCUT2D eigenvalue weighted by Crippen LogP contribution is -2.26. The Morgan fingerprint density at radius 3 is 2.19 bits per heavy atom. The van der Waals surface area contributed by atoms with Crippen LogP contribution in [-0.4, -0.2) is 25.0 Å². The van der Waals surface area contributed by atoms with E-state index in [4.69, 9.17) is 32.8 Å². The lowest BCUT2D eigenvalue weighted by Gasteiger charge is -2.15. The highest BCUT2D eigenvalue weighted by molar-refractivity contribution is 8.06. The fraction of sp³-hybridized carbons (Fsp3) is 0.278. The molecule has 6 nitrogen and oxygen atoms in total. The zero-order chi connectivity index (χ0) is 23.1. The van der Waals surface area contributed by atoms with Gasteiger partial charge in [-0.25, -0.2) is 8.42 Å². The van der Waals surface area contributed by atoms with Crippen molar-refractivity contribution in [1.29, 1.82) is 0 Å². The van der Waals surface area contributed by atoms with E-state index in [9.17, 15) is 26.0 Å². The molecule has 0 aromatic heterocycles. The summed E-state index contributed by atoms with van der Waals surface area (Å²) in [7, 11) is -4.30. The predicted octanol–water partition coefficient (Wildman–Crippen LogP) is 5.61. The maximum Gasteiger partial charge on any atom is 0.230 e. The molecule has 0 amide bonds. The summed E-state index contributed by atoms with van der Waals surface area (Å²) in [5.74, 6) is -12.7. The van der Waals surface area contributed by atoms with Gasteiger partial charge in [-0.15, -0.1) is 0 Å². The van der Waals surface area contributed by atoms with Gasteiger partial charge in [-0.1, -0.05) is 28.4 Å². The van der Waals surface area contributed by atoms with Gasteiger partial charge in [0.1, 0.15) is 11.4 Å². The van der Waals surface area contributed by atoms with Crippen molar-refractivity contribution >= 4 is 38.1 Å². The number of rotatable bonds is 5. The monoisotopic (exact) mass is 501 g/mol. The molecule has 0 radical (unpaired) electrons. The standard InChI is InChI=1S/C18H13Cl2F4NO5S/c1-18(2)6-11(25-30-18)31(26,27)7-28-16-12(21)14(23)17(15(24)13(16)22)29-10-5-8(19)3-4-9(10)20/h3-5H,6-7H2,1-2H3. The highest BCUT2D eigenvalue weighted by Gasteiger charge is 2.37. The summed E-state index contributed by atoms with van der Waals surface area (Å²) in [5.41, 5.74) is -0.905. The molecule has 2 aromatic rings. The molecule has 1 heterocycles. The third-order valence-corrected chi connectivity index (χ3v) is 5.89. The van der Waals surface area contributed by atoms with Crippen LogP contribution in [0.1, 0.15) is 20.3 Å². The largest absolute Gasteiger partial charge is 0.471 e. The van der Waals surface area contributed by atoms with Gasteiger partial charge in [-0.3, -0.25) is 0 Å². The minimum Gasteiger partial charge on any atom is -0.471 e. The first-order chi connectivity index (χ1) is 14.3. The average Bonchev–Trinajstić information content (AvgIpc) is 3.07. The highest BCUT2D eigenvalue weighted by atomic mass is 35.5. The summed E-state index contributed by atoms with van der Waals surface area (Å²) in [6, 6.07) is 3.66. The van der Waals surface area contributed by atoms with Gasteiger partial charge in [0.05, 0.1) is 5.02 Å². The Morgan fingerprint density at radius 1 is 1.06 bits per heavy atom. The van der Waals surface area contributed by atoms with E-state index in [1.54, 1.807) is 13.8 Å². The Kier molecular flexibility index (Phi) is 6.32. The molecule has 168 valence electrons. The molecule has 0 spiro atoms. The molecule has 0 N–H and O–H groups in total. The topological polar surface area (TPSA) is 74.2 Å². The summed E-state index contributed by atoms with van der Waals surface area (Å²) in [5, 5.41) is 2.90. The van der Waals surface area contributed by atoms with E-state index < -0.39 is 61.2 Å². The van der Waals surface area contributed by atoms with Crippen molar-refractivity contribution in [2.75, 3.05) is 5.94 Å². The third kappa shape index (κ3) is 4.83. The summed E-state index contributed by atoms with van der Waals surface area (Å²) < 4.78 is 91.4. The molecule has 0 unspecified atom stereocenters. The third-order valence-electron chi connectivity index (χ3n) is 3.98. The summed E-state index contributed by atoms with van der Waals surface area (Å²) in [4.78, 5) is 4.92. The molecule has 31 heavy (non-hydrogen) atoms. The van der Waals surface area contributed by atoms with Crippen LogP contribution in [0.4, 0.5) is 17.6 Å². The van der Waals surface area contributed by atoms with Gasteiger partial charge < -0.3 is 14.3 Å². The van der Waals surface area contributed by atoms with E-state index in [-0.39, 0.29) is 22.2 Å². The van der Waals surface area contributed by atoms with Gasteiger partial charge in [0, 0.05) is 17.5 Å². The van der Waals surface area contributed by atoms with E-state index in [1.165, 1.54) is 12.1 Å². The van der Waals surface area contributed by atoms with Crippen molar-refractivity contribution in [3.05, 3.63) is 51.5 Å². The van der Waals surface area contributed by atoms with Crippen LogP contribution in [0.3, 0.4) is 0 Å². The van der Waals surface area contributed by atoms with E-state index in [2.05, 4.69) is 9.89 Å². The number of ether oxygens (including phenoxy) is 2. The van der Waals surface area contributed by atoms with Crippen LogP contribution >= 0.6 is 23.2 Å². The Hall–Kier alpha value is -2.24. The van der Waals surface area contributed by atoms with Gasteiger partial charge in [0.15, 0.2) is 16.7 Å². The second kappa shape index (κ2) is 8.36. The molecule has 3 rings (SSSR count). The molecule has 1 aliphatic heterocycles. The number of sulfone groups is 1. The van der Waals surface area contributed by atoms with Crippen molar-refractivity contribution in [2.24, 2.45) is 5.16 Å². The normalized spacial score (nSPS) is 15.4. The van der Waals surface area contributed by atoms with Gasteiger partial charge in [0.2, 0.25) is 38.9 Å². The number of halogens is 6. The number of hydrogen-bond acceptors (Lipinski definition) is 6. The Bertz CT molecular complexity index is 1160. The Balaban J connectivity index is 1.89. The van der Waals surface area contributed by atoms with Crippen molar-refractivity contribution in [1.82, 2.24) is 0 Å². The molecular formula is C18H13Cl2F4NO5S.